The van der Waals surface area contributed by atoms with Crippen LogP contribution in [0.25, 0.3) is 44.8 Å². The van der Waals surface area contributed by atoms with E-state index >= 15 is 0 Å². The van der Waals surface area contributed by atoms with Gasteiger partial charge in [0.15, 0.2) is 11.3 Å². The topological polar surface area (TPSA) is 105 Å². The standard InChI is InChI=1S/C18H17N3O.C17H16FN3O2/c1-11-5-8-14(12(2)10-11)16-18(22)21(13-6-7-13)17-15(20-16)4-3-9-19-17;1-11-10-12(18)5-6-13(11)15-17(22)21(8-9-23-2)16-14(20-15)4-3-7-19-16/h3-5,8-10,13H,6-7H2,1-2H3;3-7,10H,8-9H2,1-2H3. The highest BCUT2D eigenvalue weighted by molar-refractivity contribution is 5.76. The second-order valence-electron chi connectivity index (χ2n) is 11.2. The van der Waals surface area contributed by atoms with Gasteiger partial charge in [-0.3, -0.25) is 18.7 Å². The Bertz CT molecular complexity index is 2170. The Morgan fingerprint density at radius 2 is 1.40 bits per heavy atom. The molecule has 6 aromatic rings. The summed E-state index contributed by atoms with van der Waals surface area (Å²) in [5.74, 6) is -0.339. The van der Waals surface area contributed by atoms with E-state index in [1.807, 2.05) is 35.8 Å². The summed E-state index contributed by atoms with van der Waals surface area (Å²) in [5.41, 5.74) is 7.60. The van der Waals surface area contributed by atoms with Crippen LogP contribution >= 0.6 is 0 Å². The average molecular weight is 605 g/mol. The zero-order valence-corrected chi connectivity index (χ0v) is 25.6. The molecule has 228 valence electrons. The summed E-state index contributed by atoms with van der Waals surface area (Å²) in [6.45, 7) is 6.60. The van der Waals surface area contributed by atoms with Crippen LogP contribution in [0.3, 0.4) is 0 Å². The number of nitrogens with zero attached hydrogens (tertiary/aromatic N) is 6. The van der Waals surface area contributed by atoms with Gasteiger partial charge in [0.05, 0.1) is 13.2 Å². The Hall–Kier alpha value is -5.09. The molecule has 1 aliphatic carbocycles. The van der Waals surface area contributed by atoms with Gasteiger partial charge < -0.3 is 4.74 Å². The largest absolute Gasteiger partial charge is 0.383 e. The Kier molecular flexibility index (Phi) is 8.32. The van der Waals surface area contributed by atoms with Crippen molar-refractivity contribution in [3.63, 3.8) is 0 Å². The van der Waals surface area contributed by atoms with E-state index in [9.17, 15) is 14.0 Å². The number of ether oxygens (including phenoxy) is 1. The molecule has 0 radical (unpaired) electrons. The quantitative estimate of drug-likeness (QED) is 0.231. The van der Waals surface area contributed by atoms with E-state index in [1.54, 1.807) is 49.2 Å². The first-order valence-corrected chi connectivity index (χ1v) is 14.8. The van der Waals surface area contributed by atoms with Gasteiger partial charge in [-0.1, -0.05) is 23.8 Å². The van der Waals surface area contributed by atoms with Crippen LogP contribution in [0.4, 0.5) is 4.39 Å². The van der Waals surface area contributed by atoms with Crippen molar-refractivity contribution in [2.24, 2.45) is 0 Å². The number of benzene rings is 2. The van der Waals surface area contributed by atoms with Crippen molar-refractivity contribution in [3.8, 4) is 22.5 Å². The molecule has 0 saturated heterocycles. The highest BCUT2D eigenvalue weighted by Crippen LogP contribution is 2.36. The first-order chi connectivity index (χ1) is 21.8. The zero-order valence-electron chi connectivity index (χ0n) is 25.6. The van der Waals surface area contributed by atoms with E-state index < -0.39 is 0 Å². The second kappa shape index (κ2) is 12.5. The van der Waals surface area contributed by atoms with Crippen molar-refractivity contribution in [1.29, 1.82) is 0 Å². The predicted octanol–water partition coefficient (Wildman–Crippen LogP) is 5.96. The summed E-state index contributed by atoms with van der Waals surface area (Å²) in [6.07, 6.45) is 5.43. The lowest BCUT2D eigenvalue weighted by Gasteiger charge is -2.12. The van der Waals surface area contributed by atoms with Crippen LogP contribution in [0.15, 0.2) is 82.6 Å². The minimum absolute atomic E-state index is 0.0272. The van der Waals surface area contributed by atoms with Gasteiger partial charge in [-0.15, -0.1) is 0 Å². The van der Waals surface area contributed by atoms with Gasteiger partial charge >= 0.3 is 0 Å². The fraction of sp³-hybridized carbons (Fsp3) is 0.257. The number of methoxy groups -OCH3 is 1. The third kappa shape index (κ3) is 6.01. The smallest absolute Gasteiger partial charge is 0.279 e. The van der Waals surface area contributed by atoms with Crippen molar-refractivity contribution < 1.29 is 9.13 Å². The molecule has 1 fully saturated rings. The molecule has 0 spiro atoms. The van der Waals surface area contributed by atoms with Crippen LogP contribution in [0.2, 0.25) is 0 Å². The molecule has 0 aliphatic heterocycles. The molecule has 1 aliphatic rings. The van der Waals surface area contributed by atoms with Crippen molar-refractivity contribution in [2.75, 3.05) is 13.7 Å². The molecule has 9 nitrogen and oxygen atoms in total. The number of hydrogen-bond donors (Lipinski definition) is 0. The number of aryl methyl sites for hydroxylation is 3. The fourth-order valence-electron chi connectivity index (χ4n) is 5.50. The van der Waals surface area contributed by atoms with E-state index in [-0.39, 0.29) is 23.0 Å². The Labute approximate surface area is 259 Å². The SMILES string of the molecule is COCCn1c(=O)c(-c2ccc(F)cc2C)nc2cccnc21.Cc1ccc(-c2nc3cccnc3n(C3CC3)c2=O)c(C)c1. The van der Waals surface area contributed by atoms with E-state index in [0.29, 0.717) is 52.5 Å². The van der Waals surface area contributed by atoms with Crippen molar-refractivity contribution >= 4 is 22.3 Å². The molecular weight excluding hydrogens is 571 g/mol. The highest BCUT2D eigenvalue weighted by atomic mass is 19.1. The Balaban J connectivity index is 0.000000159. The molecule has 7 rings (SSSR count). The predicted molar refractivity (Wildman–Crippen MR) is 173 cm³/mol. The Morgan fingerprint density at radius 1 is 0.800 bits per heavy atom. The van der Waals surface area contributed by atoms with Gasteiger partial charge in [0.2, 0.25) is 0 Å². The number of fused-ring (bicyclic) bond motifs is 2. The Morgan fingerprint density at radius 3 is 2.02 bits per heavy atom. The number of rotatable bonds is 6. The van der Waals surface area contributed by atoms with Gasteiger partial charge in [-0.2, -0.15) is 0 Å². The summed E-state index contributed by atoms with van der Waals surface area (Å²) >= 11 is 0. The van der Waals surface area contributed by atoms with Crippen molar-refractivity contribution in [3.05, 3.63) is 116 Å². The van der Waals surface area contributed by atoms with E-state index in [0.717, 1.165) is 29.5 Å². The van der Waals surface area contributed by atoms with Gasteiger partial charge in [-0.05, 0) is 87.2 Å². The highest BCUT2D eigenvalue weighted by Gasteiger charge is 2.28. The molecule has 0 unspecified atom stereocenters. The summed E-state index contributed by atoms with van der Waals surface area (Å²) in [7, 11) is 1.58. The van der Waals surface area contributed by atoms with Crippen LogP contribution in [0.1, 0.15) is 35.6 Å². The van der Waals surface area contributed by atoms with E-state index in [2.05, 4.69) is 32.9 Å². The molecule has 0 atom stereocenters. The maximum absolute atomic E-state index is 13.3. The number of halogens is 1. The second-order valence-corrected chi connectivity index (χ2v) is 11.2. The van der Waals surface area contributed by atoms with Crippen LogP contribution in [0.5, 0.6) is 0 Å². The van der Waals surface area contributed by atoms with Crippen molar-refractivity contribution in [2.45, 2.75) is 46.2 Å². The van der Waals surface area contributed by atoms with Crippen molar-refractivity contribution in [1.82, 2.24) is 29.1 Å². The maximum Gasteiger partial charge on any atom is 0.279 e. The molecule has 2 aromatic carbocycles. The normalized spacial score (nSPS) is 12.7. The molecule has 0 N–H and O–H groups in total. The van der Waals surface area contributed by atoms with Gasteiger partial charge in [0.25, 0.3) is 11.1 Å². The molecule has 4 heterocycles. The molecule has 1 saturated carbocycles. The molecule has 0 amide bonds. The van der Waals surface area contributed by atoms with Crippen LogP contribution in [-0.2, 0) is 11.3 Å². The lowest BCUT2D eigenvalue weighted by atomic mass is 10.0. The van der Waals surface area contributed by atoms with Gasteiger partial charge in [-0.25, -0.2) is 24.3 Å². The molecule has 4 aromatic heterocycles. The number of aromatic nitrogens is 6. The van der Waals surface area contributed by atoms with Crippen LogP contribution in [0, 0.1) is 26.6 Å². The molecule has 45 heavy (non-hydrogen) atoms. The third-order valence-electron chi connectivity index (χ3n) is 7.86. The first kappa shape index (κ1) is 30.0. The van der Waals surface area contributed by atoms with Crippen LogP contribution in [-0.4, -0.2) is 42.8 Å². The number of pyridine rings is 2. The monoisotopic (exact) mass is 604 g/mol. The molecular formula is C35H33FN6O3. The summed E-state index contributed by atoms with van der Waals surface area (Å²) < 4.78 is 21.8. The third-order valence-corrected chi connectivity index (χ3v) is 7.86. The van der Waals surface area contributed by atoms with Crippen LogP contribution < -0.4 is 11.1 Å². The average Bonchev–Trinajstić information content (AvgIpc) is 3.86. The zero-order chi connectivity index (χ0) is 31.7. The minimum Gasteiger partial charge on any atom is -0.383 e. The molecule has 0 bridgehead atoms. The fourth-order valence-corrected chi connectivity index (χ4v) is 5.50. The summed E-state index contributed by atoms with van der Waals surface area (Å²) in [6, 6.07) is 18.0. The van der Waals surface area contributed by atoms with E-state index in [4.69, 9.17) is 4.74 Å². The number of hydrogen-bond acceptors (Lipinski definition) is 7. The lowest BCUT2D eigenvalue weighted by molar-refractivity contribution is 0.187. The minimum atomic E-state index is -0.339. The summed E-state index contributed by atoms with van der Waals surface area (Å²) in [5, 5.41) is 0. The summed E-state index contributed by atoms with van der Waals surface area (Å²) in [4.78, 5) is 43.5. The lowest BCUT2D eigenvalue weighted by Crippen LogP contribution is -2.26. The maximum atomic E-state index is 13.3. The first-order valence-electron chi connectivity index (χ1n) is 14.8. The van der Waals surface area contributed by atoms with E-state index in [1.165, 1.54) is 17.7 Å². The van der Waals surface area contributed by atoms with Gasteiger partial charge in [0, 0.05) is 36.7 Å². The molecule has 10 heteroatoms. The van der Waals surface area contributed by atoms with Gasteiger partial charge in [0.1, 0.15) is 28.2 Å².